The topological polar surface area (TPSA) is 47.0 Å². The van der Waals surface area contributed by atoms with Crippen molar-refractivity contribution in [3.05, 3.63) is 10.6 Å². The molecule has 1 atom stereocenters. The number of hydrogen-bond donors (Lipinski definition) is 1. The molecule has 0 bridgehead atoms. The third-order valence-corrected chi connectivity index (χ3v) is 4.40. The number of nitrogens with one attached hydrogen (secondary N) is 1. The van der Waals surface area contributed by atoms with E-state index in [0.29, 0.717) is 12.0 Å². The van der Waals surface area contributed by atoms with Gasteiger partial charge in [0.25, 0.3) is 0 Å². The average molecular weight is 269 g/mol. The van der Waals surface area contributed by atoms with Gasteiger partial charge in [-0.25, -0.2) is 0 Å². The van der Waals surface area contributed by atoms with Crippen molar-refractivity contribution in [1.82, 2.24) is 14.9 Å². The highest BCUT2D eigenvalue weighted by Gasteiger charge is 2.28. The van der Waals surface area contributed by atoms with Crippen LogP contribution in [0.15, 0.2) is 0 Å². The zero-order chi connectivity index (χ0) is 12.8. The molecule has 2 rings (SSSR count). The number of ether oxygens (including phenoxy) is 1. The van der Waals surface area contributed by atoms with Crippen molar-refractivity contribution in [1.29, 1.82) is 0 Å². The fourth-order valence-corrected chi connectivity index (χ4v) is 3.43. The Kier molecular flexibility index (Phi) is 5.53. The van der Waals surface area contributed by atoms with Crippen molar-refractivity contribution in [2.24, 2.45) is 5.92 Å². The molecule has 0 amide bonds. The molecule has 102 valence electrons. The van der Waals surface area contributed by atoms with Gasteiger partial charge in [0, 0.05) is 19.3 Å². The summed E-state index contributed by atoms with van der Waals surface area (Å²) in [5.74, 6) is 0.665. The Labute approximate surface area is 113 Å². The summed E-state index contributed by atoms with van der Waals surface area (Å²) in [7, 11) is 0. The summed E-state index contributed by atoms with van der Waals surface area (Å²) in [5, 5.41) is 7.95. The molecule has 1 fully saturated rings. The maximum atomic E-state index is 5.47. The highest BCUT2D eigenvalue weighted by molar-refractivity contribution is 7.05. The molecule has 4 nitrogen and oxygen atoms in total. The van der Waals surface area contributed by atoms with E-state index in [4.69, 9.17) is 4.74 Å². The summed E-state index contributed by atoms with van der Waals surface area (Å²) < 4.78 is 9.61. The summed E-state index contributed by atoms with van der Waals surface area (Å²) in [6.45, 7) is 7.20. The zero-order valence-electron chi connectivity index (χ0n) is 11.3. The first kappa shape index (κ1) is 13.9. The number of aromatic nitrogens is 2. The van der Waals surface area contributed by atoms with Crippen LogP contribution in [0.5, 0.6) is 0 Å². The summed E-state index contributed by atoms with van der Waals surface area (Å²) in [6.07, 6.45) is 4.41. The Morgan fingerprint density at radius 2 is 2.17 bits per heavy atom. The second kappa shape index (κ2) is 7.16. The van der Waals surface area contributed by atoms with E-state index in [1.54, 1.807) is 11.5 Å². The van der Waals surface area contributed by atoms with Crippen LogP contribution in [0.25, 0.3) is 0 Å². The Morgan fingerprint density at radius 3 is 2.83 bits per heavy atom. The predicted molar refractivity (Wildman–Crippen MR) is 73.9 cm³/mol. The van der Waals surface area contributed by atoms with Crippen LogP contribution in [0.2, 0.25) is 0 Å². The van der Waals surface area contributed by atoms with Crippen LogP contribution in [-0.4, -0.2) is 29.3 Å². The molecule has 1 aliphatic heterocycles. The van der Waals surface area contributed by atoms with Crippen molar-refractivity contribution in [3.63, 3.8) is 0 Å². The third kappa shape index (κ3) is 3.28. The molecule has 1 aliphatic rings. The molecule has 1 unspecified atom stereocenters. The summed E-state index contributed by atoms with van der Waals surface area (Å²) in [5.41, 5.74) is 1.17. The third-order valence-electron chi connectivity index (χ3n) is 3.55. The van der Waals surface area contributed by atoms with Gasteiger partial charge in [0.2, 0.25) is 0 Å². The smallest absolute Gasteiger partial charge is 0.0801 e. The minimum Gasteiger partial charge on any atom is -0.381 e. The van der Waals surface area contributed by atoms with Gasteiger partial charge in [-0.15, -0.1) is 5.10 Å². The molecule has 0 saturated carbocycles. The zero-order valence-corrected chi connectivity index (χ0v) is 12.1. The fourth-order valence-electron chi connectivity index (χ4n) is 2.52. The Hall–Kier alpha value is -0.520. The van der Waals surface area contributed by atoms with E-state index >= 15 is 0 Å². The van der Waals surface area contributed by atoms with Crippen LogP contribution in [-0.2, 0) is 11.2 Å². The number of aryl methyl sites for hydroxylation is 1. The van der Waals surface area contributed by atoms with E-state index in [1.807, 2.05) is 0 Å². The van der Waals surface area contributed by atoms with Gasteiger partial charge >= 0.3 is 0 Å². The molecular weight excluding hydrogens is 246 g/mol. The standard InChI is InChI=1S/C13H23N3OS/c1-3-7-14-12(10-5-8-17-9-6-10)13-11(4-2)15-16-18-13/h10,12,14H,3-9H2,1-2H3. The predicted octanol–water partition coefficient (Wildman–Crippen LogP) is 2.57. The molecule has 2 heterocycles. The van der Waals surface area contributed by atoms with Gasteiger partial charge in [-0.3, -0.25) is 0 Å². The molecule has 0 aliphatic carbocycles. The lowest BCUT2D eigenvalue weighted by atomic mass is 9.89. The van der Waals surface area contributed by atoms with Crippen LogP contribution in [0.4, 0.5) is 0 Å². The molecular formula is C13H23N3OS. The van der Waals surface area contributed by atoms with Gasteiger partial charge in [-0.05, 0) is 49.7 Å². The normalized spacial score (nSPS) is 19.0. The van der Waals surface area contributed by atoms with Gasteiger partial charge in [0.05, 0.1) is 10.6 Å². The van der Waals surface area contributed by atoms with Crippen LogP contribution in [0.1, 0.15) is 49.7 Å². The Bertz CT molecular complexity index is 350. The lowest BCUT2D eigenvalue weighted by Crippen LogP contribution is -2.32. The minimum atomic E-state index is 0.420. The summed E-state index contributed by atoms with van der Waals surface area (Å²) in [4.78, 5) is 1.35. The highest BCUT2D eigenvalue weighted by atomic mass is 32.1. The second-order valence-electron chi connectivity index (χ2n) is 4.82. The molecule has 0 aromatic carbocycles. The molecule has 18 heavy (non-hydrogen) atoms. The Balaban J connectivity index is 2.12. The van der Waals surface area contributed by atoms with E-state index in [1.165, 1.54) is 10.6 Å². The van der Waals surface area contributed by atoms with E-state index in [9.17, 15) is 0 Å². The first-order chi connectivity index (χ1) is 8.86. The van der Waals surface area contributed by atoms with Crippen molar-refractivity contribution < 1.29 is 4.74 Å². The SMILES string of the molecule is CCCNC(c1snnc1CC)C1CCOCC1. The lowest BCUT2D eigenvalue weighted by molar-refractivity contribution is 0.0539. The Morgan fingerprint density at radius 1 is 1.39 bits per heavy atom. The second-order valence-corrected chi connectivity index (χ2v) is 5.60. The maximum absolute atomic E-state index is 5.47. The summed E-state index contributed by atoms with van der Waals surface area (Å²) >= 11 is 1.56. The van der Waals surface area contributed by atoms with Gasteiger partial charge in [0.1, 0.15) is 0 Å². The van der Waals surface area contributed by atoms with Crippen molar-refractivity contribution in [3.8, 4) is 0 Å². The monoisotopic (exact) mass is 269 g/mol. The van der Waals surface area contributed by atoms with Gasteiger partial charge in [0.15, 0.2) is 0 Å². The van der Waals surface area contributed by atoms with E-state index < -0.39 is 0 Å². The van der Waals surface area contributed by atoms with Crippen molar-refractivity contribution in [2.45, 2.75) is 45.6 Å². The largest absolute Gasteiger partial charge is 0.381 e. The van der Waals surface area contributed by atoms with Crippen molar-refractivity contribution >= 4 is 11.5 Å². The van der Waals surface area contributed by atoms with Gasteiger partial charge < -0.3 is 10.1 Å². The molecule has 1 saturated heterocycles. The average Bonchev–Trinajstić information content (AvgIpc) is 2.89. The maximum Gasteiger partial charge on any atom is 0.0801 e. The van der Waals surface area contributed by atoms with Crippen LogP contribution in [0, 0.1) is 5.92 Å². The molecule has 0 radical (unpaired) electrons. The first-order valence-electron chi connectivity index (χ1n) is 6.99. The minimum absolute atomic E-state index is 0.420. The fraction of sp³-hybridized carbons (Fsp3) is 0.846. The van der Waals surface area contributed by atoms with Gasteiger partial charge in [-0.2, -0.15) is 0 Å². The van der Waals surface area contributed by atoms with E-state index in [0.717, 1.165) is 45.4 Å². The van der Waals surface area contributed by atoms with E-state index in [-0.39, 0.29) is 0 Å². The number of rotatable bonds is 6. The molecule has 1 aromatic heterocycles. The van der Waals surface area contributed by atoms with Crippen LogP contribution in [0.3, 0.4) is 0 Å². The van der Waals surface area contributed by atoms with Crippen LogP contribution >= 0.6 is 11.5 Å². The number of nitrogens with zero attached hydrogens (tertiary/aromatic N) is 2. The van der Waals surface area contributed by atoms with Crippen LogP contribution < -0.4 is 5.32 Å². The van der Waals surface area contributed by atoms with Crippen molar-refractivity contribution in [2.75, 3.05) is 19.8 Å². The lowest BCUT2D eigenvalue weighted by Gasteiger charge is -2.30. The quantitative estimate of drug-likeness (QED) is 0.862. The van der Waals surface area contributed by atoms with E-state index in [2.05, 4.69) is 28.8 Å². The number of hydrogen-bond acceptors (Lipinski definition) is 5. The first-order valence-corrected chi connectivity index (χ1v) is 7.76. The molecule has 0 spiro atoms. The molecule has 5 heteroatoms. The highest BCUT2D eigenvalue weighted by Crippen LogP contribution is 2.33. The summed E-state index contributed by atoms with van der Waals surface area (Å²) in [6, 6.07) is 0.420. The van der Waals surface area contributed by atoms with Gasteiger partial charge in [-0.1, -0.05) is 18.3 Å². The molecule has 1 aromatic rings. The molecule has 1 N–H and O–H groups in total.